The van der Waals surface area contributed by atoms with Gasteiger partial charge in [-0.2, -0.15) is 0 Å². The number of rotatable bonds is 3. The minimum atomic E-state index is 0.510. The van der Waals surface area contributed by atoms with Crippen molar-refractivity contribution in [2.45, 2.75) is 33.1 Å². The van der Waals surface area contributed by atoms with Gasteiger partial charge in [0.05, 0.1) is 11.9 Å². The number of anilines is 1. The lowest BCUT2D eigenvalue weighted by molar-refractivity contribution is 0.818. The molecule has 0 fully saturated rings. The first kappa shape index (κ1) is 10.0. The number of hydrogen-bond donors (Lipinski definition) is 1. The predicted molar refractivity (Wildman–Crippen MR) is 57.3 cm³/mol. The van der Waals surface area contributed by atoms with Crippen LogP contribution in [0.4, 0.5) is 5.69 Å². The Morgan fingerprint density at radius 2 is 2.15 bits per heavy atom. The second kappa shape index (κ2) is 4.26. The van der Waals surface area contributed by atoms with E-state index in [1.165, 1.54) is 11.3 Å². The summed E-state index contributed by atoms with van der Waals surface area (Å²) in [7, 11) is 1.94. The van der Waals surface area contributed by atoms with E-state index in [0.29, 0.717) is 5.92 Å². The maximum atomic E-state index is 4.40. The summed E-state index contributed by atoms with van der Waals surface area (Å²) in [6.45, 7) is 6.50. The smallest absolute Gasteiger partial charge is 0.0556 e. The molecule has 2 heteroatoms. The van der Waals surface area contributed by atoms with Crippen molar-refractivity contribution in [3.8, 4) is 0 Å². The maximum absolute atomic E-state index is 4.40. The molecule has 1 aromatic rings. The highest BCUT2D eigenvalue weighted by atomic mass is 14.9. The van der Waals surface area contributed by atoms with Crippen molar-refractivity contribution < 1.29 is 0 Å². The first-order valence-corrected chi connectivity index (χ1v) is 4.85. The zero-order valence-electron chi connectivity index (χ0n) is 8.89. The van der Waals surface area contributed by atoms with E-state index in [1.54, 1.807) is 0 Å². The Kier molecular flexibility index (Phi) is 3.29. The van der Waals surface area contributed by atoms with Crippen LogP contribution in [0.15, 0.2) is 12.3 Å². The summed E-state index contributed by atoms with van der Waals surface area (Å²) in [6, 6.07) is 2.19. The molecular formula is C11H18N2. The van der Waals surface area contributed by atoms with Gasteiger partial charge in [-0.25, -0.2) is 0 Å². The number of hydrogen-bond acceptors (Lipinski definition) is 2. The minimum absolute atomic E-state index is 0.510. The number of aromatic nitrogens is 1. The van der Waals surface area contributed by atoms with Gasteiger partial charge in [-0.3, -0.25) is 4.98 Å². The summed E-state index contributed by atoms with van der Waals surface area (Å²) in [5.41, 5.74) is 3.67. The second-order valence-corrected chi connectivity index (χ2v) is 3.52. The van der Waals surface area contributed by atoms with Crippen molar-refractivity contribution in [2.24, 2.45) is 0 Å². The van der Waals surface area contributed by atoms with Gasteiger partial charge in [0.15, 0.2) is 0 Å². The fraction of sp³-hybridized carbons (Fsp3) is 0.545. The number of nitrogens with one attached hydrogen (secondary N) is 1. The Balaban J connectivity index is 3.05. The van der Waals surface area contributed by atoms with Gasteiger partial charge in [0.25, 0.3) is 0 Å². The third kappa shape index (κ3) is 2.20. The second-order valence-electron chi connectivity index (χ2n) is 3.52. The summed E-state index contributed by atoms with van der Waals surface area (Å²) < 4.78 is 0. The highest BCUT2D eigenvalue weighted by Gasteiger charge is 2.04. The van der Waals surface area contributed by atoms with Gasteiger partial charge in [-0.15, -0.1) is 0 Å². The third-order valence-corrected chi connectivity index (χ3v) is 2.25. The van der Waals surface area contributed by atoms with Crippen molar-refractivity contribution in [2.75, 3.05) is 12.4 Å². The molecule has 1 N–H and O–H groups in total. The Morgan fingerprint density at radius 3 is 2.62 bits per heavy atom. The number of nitrogens with zero attached hydrogens (tertiary/aromatic N) is 1. The van der Waals surface area contributed by atoms with Crippen LogP contribution in [0.25, 0.3) is 0 Å². The van der Waals surface area contributed by atoms with Gasteiger partial charge in [0, 0.05) is 12.7 Å². The molecule has 0 atom stereocenters. The summed E-state index contributed by atoms with van der Waals surface area (Å²) in [5.74, 6) is 0.510. The molecule has 1 rings (SSSR count). The van der Waals surface area contributed by atoms with Gasteiger partial charge in [0.1, 0.15) is 0 Å². The Labute approximate surface area is 80.4 Å². The zero-order valence-corrected chi connectivity index (χ0v) is 8.89. The van der Waals surface area contributed by atoms with Crippen LogP contribution < -0.4 is 5.32 Å². The third-order valence-electron chi connectivity index (χ3n) is 2.25. The molecular weight excluding hydrogens is 160 g/mol. The van der Waals surface area contributed by atoms with Crippen LogP contribution in [0.1, 0.15) is 37.9 Å². The Hall–Kier alpha value is -1.05. The largest absolute Gasteiger partial charge is 0.387 e. The van der Waals surface area contributed by atoms with Gasteiger partial charge in [0.2, 0.25) is 0 Å². The number of aryl methyl sites for hydroxylation is 1. The molecule has 0 aliphatic rings. The Bertz CT molecular complexity index is 279. The normalized spacial score (nSPS) is 10.5. The fourth-order valence-corrected chi connectivity index (χ4v) is 1.35. The van der Waals surface area contributed by atoms with Crippen LogP contribution in [0, 0.1) is 0 Å². The van der Waals surface area contributed by atoms with Gasteiger partial charge >= 0.3 is 0 Å². The fourth-order valence-electron chi connectivity index (χ4n) is 1.35. The average Bonchev–Trinajstić information content (AvgIpc) is 2.16. The van der Waals surface area contributed by atoms with Crippen LogP contribution >= 0.6 is 0 Å². The van der Waals surface area contributed by atoms with E-state index in [2.05, 4.69) is 37.1 Å². The molecule has 0 amide bonds. The SMILES string of the molecule is CCc1cc(C(C)C)ncc1NC. The molecule has 0 radical (unpaired) electrons. The average molecular weight is 178 g/mol. The van der Waals surface area contributed by atoms with E-state index in [1.807, 2.05) is 13.2 Å². The quantitative estimate of drug-likeness (QED) is 0.769. The molecule has 0 saturated heterocycles. The minimum Gasteiger partial charge on any atom is -0.387 e. The molecule has 0 unspecified atom stereocenters. The number of pyridine rings is 1. The highest BCUT2D eigenvalue weighted by molar-refractivity contribution is 5.49. The van der Waals surface area contributed by atoms with Crippen molar-refractivity contribution in [3.63, 3.8) is 0 Å². The lowest BCUT2D eigenvalue weighted by Crippen LogP contribution is -1.99. The molecule has 13 heavy (non-hydrogen) atoms. The lowest BCUT2D eigenvalue weighted by atomic mass is 10.1. The van der Waals surface area contributed by atoms with E-state index in [0.717, 1.165) is 12.1 Å². The Morgan fingerprint density at radius 1 is 1.46 bits per heavy atom. The molecule has 1 aromatic heterocycles. The van der Waals surface area contributed by atoms with Crippen molar-refractivity contribution in [1.82, 2.24) is 4.98 Å². The van der Waals surface area contributed by atoms with Crippen molar-refractivity contribution in [3.05, 3.63) is 23.5 Å². The topological polar surface area (TPSA) is 24.9 Å². The maximum Gasteiger partial charge on any atom is 0.0556 e. The van der Waals surface area contributed by atoms with E-state index in [-0.39, 0.29) is 0 Å². The molecule has 0 aliphatic carbocycles. The van der Waals surface area contributed by atoms with E-state index in [9.17, 15) is 0 Å². The highest BCUT2D eigenvalue weighted by Crippen LogP contribution is 2.19. The molecule has 0 aromatic carbocycles. The molecule has 1 heterocycles. The van der Waals surface area contributed by atoms with E-state index >= 15 is 0 Å². The van der Waals surface area contributed by atoms with Gasteiger partial charge in [-0.1, -0.05) is 20.8 Å². The molecule has 0 bridgehead atoms. The summed E-state index contributed by atoms with van der Waals surface area (Å²) >= 11 is 0. The lowest BCUT2D eigenvalue weighted by Gasteiger charge is -2.10. The van der Waals surface area contributed by atoms with Crippen LogP contribution in [0.2, 0.25) is 0 Å². The van der Waals surface area contributed by atoms with Crippen LogP contribution in [0.5, 0.6) is 0 Å². The molecule has 2 nitrogen and oxygen atoms in total. The molecule has 0 spiro atoms. The molecule has 0 saturated carbocycles. The van der Waals surface area contributed by atoms with Crippen molar-refractivity contribution in [1.29, 1.82) is 0 Å². The first-order chi connectivity index (χ1) is 6.19. The van der Waals surface area contributed by atoms with E-state index < -0.39 is 0 Å². The van der Waals surface area contributed by atoms with Gasteiger partial charge < -0.3 is 5.32 Å². The standard InChI is InChI=1S/C11H18N2/c1-5-9-6-10(8(2)3)13-7-11(9)12-4/h6-8,12H,5H2,1-4H3. The zero-order chi connectivity index (χ0) is 9.84. The summed E-state index contributed by atoms with van der Waals surface area (Å²) in [5, 5.41) is 3.15. The summed E-state index contributed by atoms with van der Waals surface area (Å²) in [4.78, 5) is 4.40. The van der Waals surface area contributed by atoms with Crippen LogP contribution in [-0.2, 0) is 6.42 Å². The van der Waals surface area contributed by atoms with Crippen LogP contribution in [0.3, 0.4) is 0 Å². The summed E-state index contributed by atoms with van der Waals surface area (Å²) in [6.07, 6.45) is 2.98. The molecule has 0 aliphatic heterocycles. The van der Waals surface area contributed by atoms with Gasteiger partial charge in [-0.05, 0) is 24.0 Å². The van der Waals surface area contributed by atoms with E-state index in [4.69, 9.17) is 0 Å². The molecule has 72 valence electrons. The first-order valence-electron chi connectivity index (χ1n) is 4.85. The monoisotopic (exact) mass is 178 g/mol. The van der Waals surface area contributed by atoms with Crippen LogP contribution in [-0.4, -0.2) is 12.0 Å². The predicted octanol–water partition coefficient (Wildman–Crippen LogP) is 2.81. The van der Waals surface area contributed by atoms with Crippen molar-refractivity contribution >= 4 is 5.69 Å².